The average molecular weight is 242 g/mol. The highest BCUT2D eigenvalue weighted by atomic mass is 16.5. The maximum atomic E-state index is 5.08. The first kappa shape index (κ1) is 14.9. The molecule has 1 saturated carbocycles. The van der Waals surface area contributed by atoms with Crippen molar-refractivity contribution in [3.8, 4) is 0 Å². The molecule has 0 amide bonds. The number of ether oxygens (including phenoxy) is 1. The maximum absolute atomic E-state index is 5.08. The third-order valence-corrected chi connectivity index (χ3v) is 3.92. The van der Waals surface area contributed by atoms with Gasteiger partial charge in [-0.1, -0.05) is 6.92 Å². The summed E-state index contributed by atoms with van der Waals surface area (Å²) in [7, 11) is 4.07. The summed E-state index contributed by atoms with van der Waals surface area (Å²) in [5.41, 5.74) is 0. The van der Waals surface area contributed by atoms with Gasteiger partial charge < -0.3 is 15.0 Å². The molecule has 0 aromatic rings. The summed E-state index contributed by atoms with van der Waals surface area (Å²) in [6.07, 6.45) is 7.86. The first-order valence-electron chi connectivity index (χ1n) is 7.20. The SMILES string of the molecule is CCNC1CCC(N(C)CCCCOC)CC1. The Balaban J connectivity index is 2.10. The van der Waals surface area contributed by atoms with Gasteiger partial charge in [-0.25, -0.2) is 0 Å². The molecule has 3 nitrogen and oxygen atoms in total. The Morgan fingerprint density at radius 2 is 1.88 bits per heavy atom. The highest BCUT2D eigenvalue weighted by Gasteiger charge is 2.22. The summed E-state index contributed by atoms with van der Waals surface area (Å²) in [6.45, 7) is 5.44. The smallest absolute Gasteiger partial charge is 0.0462 e. The van der Waals surface area contributed by atoms with E-state index in [4.69, 9.17) is 4.74 Å². The molecule has 0 atom stereocenters. The van der Waals surface area contributed by atoms with Crippen LogP contribution in [0.1, 0.15) is 45.4 Å². The lowest BCUT2D eigenvalue weighted by Gasteiger charge is -2.35. The minimum atomic E-state index is 0.776. The van der Waals surface area contributed by atoms with Crippen LogP contribution in [0.25, 0.3) is 0 Å². The maximum Gasteiger partial charge on any atom is 0.0462 e. The van der Waals surface area contributed by atoms with Gasteiger partial charge in [-0.05, 0) is 58.7 Å². The molecular formula is C14H30N2O. The van der Waals surface area contributed by atoms with Crippen LogP contribution in [0.2, 0.25) is 0 Å². The second-order valence-corrected chi connectivity index (χ2v) is 5.24. The van der Waals surface area contributed by atoms with Crippen LogP contribution in [0, 0.1) is 0 Å². The van der Waals surface area contributed by atoms with Crippen molar-refractivity contribution < 1.29 is 4.74 Å². The number of nitrogens with zero attached hydrogens (tertiary/aromatic N) is 1. The van der Waals surface area contributed by atoms with Crippen molar-refractivity contribution in [2.75, 3.05) is 33.9 Å². The second-order valence-electron chi connectivity index (χ2n) is 5.24. The van der Waals surface area contributed by atoms with Gasteiger partial charge in [0.1, 0.15) is 0 Å². The van der Waals surface area contributed by atoms with Gasteiger partial charge in [0.2, 0.25) is 0 Å². The number of nitrogens with one attached hydrogen (secondary N) is 1. The minimum Gasteiger partial charge on any atom is -0.385 e. The Kier molecular flexibility index (Phi) is 7.82. The van der Waals surface area contributed by atoms with Gasteiger partial charge in [-0.2, -0.15) is 0 Å². The van der Waals surface area contributed by atoms with Gasteiger partial charge in [0, 0.05) is 25.8 Å². The topological polar surface area (TPSA) is 24.5 Å². The Bertz CT molecular complexity index is 179. The van der Waals surface area contributed by atoms with Crippen molar-refractivity contribution in [1.29, 1.82) is 0 Å². The van der Waals surface area contributed by atoms with E-state index in [1.165, 1.54) is 45.1 Å². The van der Waals surface area contributed by atoms with Crippen molar-refractivity contribution in [2.24, 2.45) is 0 Å². The number of hydrogen-bond donors (Lipinski definition) is 1. The van der Waals surface area contributed by atoms with E-state index in [-0.39, 0.29) is 0 Å². The molecule has 0 radical (unpaired) electrons. The van der Waals surface area contributed by atoms with Crippen LogP contribution in [0.15, 0.2) is 0 Å². The summed E-state index contributed by atoms with van der Waals surface area (Å²) in [5.74, 6) is 0. The van der Waals surface area contributed by atoms with E-state index in [0.29, 0.717) is 0 Å². The number of hydrogen-bond acceptors (Lipinski definition) is 3. The fourth-order valence-electron chi connectivity index (χ4n) is 2.80. The fraction of sp³-hybridized carbons (Fsp3) is 1.00. The van der Waals surface area contributed by atoms with E-state index >= 15 is 0 Å². The van der Waals surface area contributed by atoms with E-state index in [1.54, 1.807) is 7.11 Å². The third-order valence-electron chi connectivity index (χ3n) is 3.92. The standard InChI is InChI=1S/C14H30N2O/c1-4-15-13-7-9-14(10-8-13)16(2)11-5-6-12-17-3/h13-15H,4-12H2,1-3H3. The molecule has 0 aromatic carbocycles. The molecule has 3 heteroatoms. The first-order valence-corrected chi connectivity index (χ1v) is 7.20. The lowest BCUT2D eigenvalue weighted by atomic mass is 9.90. The molecule has 0 aromatic heterocycles. The third kappa shape index (κ3) is 5.84. The predicted octanol–water partition coefficient (Wildman–Crippen LogP) is 2.27. The molecule has 1 N–H and O–H groups in total. The molecule has 0 heterocycles. The van der Waals surface area contributed by atoms with Gasteiger partial charge in [-0.15, -0.1) is 0 Å². The van der Waals surface area contributed by atoms with Gasteiger partial charge in [0.25, 0.3) is 0 Å². The monoisotopic (exact) mass is 242 g/mol. The molecule has 0 aliphatic heterocycles. The van der Waals surface area contributed by atoms with E-state index in [1.807, 2.05) is 0 Å². The largest absolute Gasteiger partial charge is 0.385 e. The summed E-state index contributed by atoms with van der Waals surface area (Å²) in [5, 5.41) is 3.57. The van der Waals surface area contributed by atoms with Crippen LogP contribution in [0.5, 0.6) is 0 Å². The number of unbranched alkanes of at least 4 members (excludes halogenated alkanes) is 1. The Morgan fingerprint density at radius 3 is 2.47 bits per heavy atom. The number of rotatable bonds is 8. The summed E-state index contributed by atoms with van der Waals surface area (Å²) in [4.78, 5) is 2.55. The molecule has 0 bridgehead atoms. The molecule has 1 aliphatic rings. The van der Waals surface area contributed by atoms with Crippen molar-refractivity contribution in [3.63, 3.8) is 0 Å². The molecule has 1 rings (SSSR count). The van der Waals surface area contributed by atoms with Crippen molar-refractivity contribution in [1.82, 2.24) is 10.2 Å². The molecular weight excluding hydrogens is 212 g/mol. The van der Waals surface area contributed by atoms with Crippen LogP contribution in [0.3, 0.4) is 0 Å². The Hall–Kier alpha value is -0.120. The molecule has 1 fully saturated rings. The first-order chi connectivity index (χ1) is 8.27. The molecule has 102 valence electrons. The summed E-state index contributed by atoms with van der Waals surface area (Å²) < 4.78 is 5.08. The minimum absolute atomic E-state index is 0.776. The Morgan fingerprint density at radius 1 is 1.18 bits per heavy atom. The van der Waals surface area contributed by atoms with Crippen LogP contribution < -0.4 is 5.32 Å². The predicted molar refractivity (Wildman–Crippen MR) is 73.5 cm³/mol. The molecule has 0 saturated heterocycles. The highest BCUT2D eigenvalue weighted by Crippen LogP contribution is 2.22. The second kappa shape index (κ2) is 8.90. The Labute approximate surface area is 107 Å². The van der Waals surface area contributed by atoms with Gasteiger partial charge >= 0.3 is 0 Å². The van der Waals surface area contributed by atoms with Gasteiger partial charge in [0.05, 0.1) is 0 Å². The zero-order chi connectivity index (χ0) is 12.5. The molecule has 1 aliphatic carbocycles. The van der Waals surface area contributed by atoms with Gasteiger partial charge in [-0.3, -0.25) is 0 Å². The van der Waals surface area contributed by atoms with Crippen LogP contribution in [-0.4, -0.2) is 50.8 Å². The van der Waals surface area contributed by atoms with E-state index < -0.39 is 0 Å². The highest BCUT2D eigenvalue weighted by molar-refractivity contribution is 4.81. The zero-order valence-corrected chi connectivity index (χ0v) is 11.9. The van der Waals surface area contributed by atoms with Crippen LogP contribution in [0.4, 0.5) is 0 Å². The van der Waals surface area contributed by atoms with Crippen LogP contribution in [-0.2, 0) is 4.74 Å². The van der Waals surface area contributed by atoms with Crippen molar-refractivity contribution in [3.05, 3.63) is 0 Å². The van der Waals surface area contributed by atoms with E-state index in [0.717, 1.165) is 25.2 Å². The normalized spacial score (nSPS) is 25.4. The molecule has 0 spiro atoms. The zero-order valence-electron chi connectivity index (χ0n) is 11.9. The molecule has 0 unspecified atom stereocenters. The van der Waals surface area contributed by atoms with E-state index in [9.17, 15) is 0 Å². The average Bonchev–Trinajstić information content (AvgIpc) is 2.36. The molecule has 17 heavy (non-hydrogen) atoms. The summed E-state index contributed by atoms with van der Waals surface area (Å²) in [6, 6.07) is 1.59. The quantitative estimate of drug-likeness (QED) is 0.661. The van der Waals surface area contributed by atoms with Gasteiger partial charge in [0.15, 0.2) is 0 Å². The lowest BCUT2D eigenvalue weighted by Crippen LogP contribution is -2.41. The number of methoxy groups -OCH3 is 1. The summed E-state index contributed by atoms with van der Waals surface area (Å²) >= 11 is 0. The van der Waals surface area contributed by atoms with E-state index in [2.05, 4.69) is 24.2 Å². The van der Waals surface area contributed by atoms with Crippen molar-refractivity contribution >= 4 is 0 Å². The fourth-order valence-corrected chi connectivity index (χ4v) is 2.80. The van der Waals surface area contributed by atoms with Crippen LogP contribution >= 0.6 is 0 Å². The van der Waals surface area contributed by atoms with Crippen molar-refractivity contribution in [2.45, 2.75) is 57.5 Å². The lowest BCUT2D eigenvalue weighted by molar-refractivity contribution is 0.157.